The quantitative estimate of drug-likeness (QED) is 0.914. The number of fused-ring (bicyclic) bond motifs is 1. The van der Waals surface area contributed by atoms with Gasteiger partial charge in [-0.25, -0.2) is 13.2 Å². The Bertz CT molecular complexity index is 686. The highest BCUT2D eigenvalue weighted by molar-refractivity contribution is 7.92. The highest BCUT2D eigenvalue weighted by atomic mass is 35.5. The van der Waals surface area contributed by atoms with Crippen LogP contribution in [0.25, 0.3) is 0 Å². The molecule has 1 aromatic carbocycles. The third kappa shape index (κ3) is 3.73. The van der Waals surface area contributed by atoms with Crippen molar-refractivity contribution in [2.24, 2.45) is 0 Å². The van der Waals surface area contributed by atoms with Crippen LogP contribution >= 0.6 is 11.6 Å². The zero-order chi connectivity index (χ0) is 16.5. The van der Waals surface area contributed by atoms with E-state index >= 15 is 0 Å². The van der Waals surface area contributed by atoms with E-state index in [4.69, 9.17) is 11.6 Å². The molecule has 122 valence electrons. The largest absolute Gasteiger partial charge is 0.336 e. The van der Waals surface area contributed by atoms with E-state index in [9.17, 15) is 13.2 Å². The van der Waals surface area contributed by atoms with Crippen LogP contribution in [0.1, 0.15) is 25.0 Å². The molecule has 0 unspecified atom stereocenters. The van der Waals surface area contributed by atoms with E-state index in [1.165, 1.54) is 11.8 Å². The minimum atomic E-state index is -3.23. The standard InChI is InChI=1S/C15H21ClN2O3S/c1-15(2,22(3,20)21)10-17-14(19)18-7-6-11-4-5-13(16)8-12(11)9-18/h4-5,8H,6-7,9-10H2,1-3H3,(H,17,19). The van der Waals surface area contributed by atoms with Crippen LogP contribution in [0.4, 0.5) is 4.79 Å². The highest BCUT2D eigenvalue weighted by Crippen LogP contribution is 2.22. The summed E-state index contributed by atoms with van der Waals surface area (Å²) >= 11 is 5.99. The lowest BCUT2D eigenvalue weighted by Gasteiger charge is -2.31. The van der Waals surface area contributed by atoms with Crippen molar-refractivity contribution in [1.29, 1.82) is 0 Å². The van der Waals surface area contributed by atoms with Crippen molar-refractivity contribution < 1.29 is 13.2 Å². The molecule has 1 aliphatic heterocycles. The first kappa shape index (κ1) is 17.1. The molecular formula is C15H21ClN2O3S. The van der Waals surface area contributed by atoms with E-state index < -0.39 is 14.6 Å². The maximum atomic E-state index is 12.3. The van der Waals surface area contributed by atoms with Crippen LogP contribution < -0.4 is 5.32 Å². The maximum Gasteiger partial charge on any atom is 0.317 e. The van der Waals surface area contributed by atoms with Crippen LogP contribution in [0.3, 0.4) is 0 Å². The Morgan fingerprint density at radius 1 is 1.36 bits per heavy atom. The molecule has 1 heterocycles. The molecule has 22 heavy (non-hydrogen) atoms. The van der Waals surface area contributed by atoms with Gasteiger partial charge in [-0.15, -0.1) is 0 Å². The van der Waals surface area contributed by atoms with E-state index in [1.54, 1.807) is 18.7 Å². The van der Waals surface area contributed by atoms with Crippen LogP contribution in [0, 0.1) is 0 Å². The van der Waals surface area contributed by atoms with Crippen molar-refractivity contribution in [2.45, 2.75) is 31.6 Å². The molecule has 5 nitrogen and oxygen atoms in total. The van der Waals surface area contributed by atoms with Gasteiger partial charge in [0.15, 0.2) is 9.84 Å². The SMILES string of the molecule is CC(C)(CNC(=O)N1CCc2ccc(Cl)cc2C1)S(C)(=O)=O. The van der Waals surface area contributed by atoms with Gasteiger partial charge in [-0.05, 0) is 43.5 Å². The predicted octanol–water partition coefficient (Wildman–Crippen LogP) is 2.23. The summed E-state index contributed by atoms with van der Waals surface area (Å²) in [6, 6.07) is 5.46. The number of halogens is 1. The third-order valence-corrected chi connectivity index (χ3v) is 6.52. The summed E-state index contributed by atoms with van der Waals surface area (Å²) in [4.78, 5) is 13.9. The van der Waals surface area contributed by atoms with Gasteiger partial charge in [0.05, 0.1) is 4.75 Å². The van der Waals surface area contributed by atoms with Gasteiger partial charge < -0.3 is 10.2 Å². The molecule has 2 rings (SSSR count). The average Bonchev–Trinajstić information content (AvgIpc) is 2.42. The molecule has 0 aliphatic carbocycles. The number of carbonyl (C=O) groups excluding carboxylic acids is 1. The van der Waals surface area contributed by atoms with Crippen LogP contribution in [0.5, 0.6) is 0 Å². The molecule has 0 saturated carbocycles. The zero-order valence-corrected chi connectivity index (χ0v) is 14.6. The van der Waals surface area contributed by atoms with Crippen LogP contribution in [0.2, 0.25) is 5.02 Å². The fourth-order valence-corrected chi connectivity index (χ4v) is 2.76. The number of urea groups is 1. The summed E-state index contributed by atoms with van der Waals surface area (Å²) < 4.78 is 22.3. The second-order valence-electron chi connectivity index (χ2n) is 6.28. The van der Waals surface area contributed by atoms with E-state index in [2.05, 4.69) is 5.32 Å². The lowest BCUT2D eigenvalue weighted by Crippen LogP contribution is -2.49. The lowest BCUT2D eigenvalue weighted by molar-refractivity contribution is 0.191. The van der Waals surface area contributed by atoms with Crippen molar-refractivity contribution in [3.8, 4) is 0 Å². The summed E-state index contributed by atoms with van der Waals surface area (Å²) in [6.45, 7) is 4.39. The number of sulfone groups is 1. The predicted molar refractivity (Wildman–Crippen MR) is 87.9 cm³/mol. The number of rotatable bonds is 3. The molecule has 1 aromatic rings. The van der Waals surface area contributed by atoms with Gasteiger partial charge in [0, 0.05) is 30.9 Å². The number of hydrogen-bond donors (Lipinski definition) is 1. The number of benzene rings is 1. The molecule has 1 N–H and O–H groups in total. The van der Waals surface area contributed by atoms with Gasteiger partial charge in [-0.3, -0.25) is 0 Å². The molecular weight excluding hydrogens is 324 g/mol. The van der Waals surface area contributed by atoms with Gasteiger partial charge in [0.2, 0.25) is 0 Å². The zero-order valence-electron chi connectivity index (χ0n) is 13.0. The Labute approximate surface area is 136 Å². The lowest BCUT2D eigenvalue weighted by atomic mass is 10.0. The second kappa shape index (κ2) is 6.08. The summed E-state index contributed by atoms with van der Waals surface area (Å²) in [7, 11) is -3.23. The van der Waals surface area contributed by atoms with E-state index in [-0.39, 0.29) is 12.6 Å². The van der Waals surface area contributed by atoms with Crippen LogP contribution in [-0.2, 0) is 22.8 Å². The summed E-state index contributed by atoms with van der Waals surface area (Å²) in [5.74, 6) is 0. The van der Waals surface area contributed by atoms with Crippen molar-refractivity contribution in [3.05, 3.63) is 34.3 Å². The minimum Gasteiger partial charge on any atom is -0.336 e. The smallest absolute Gasteiger partial charge is 0.317 e. The number of nitrogens with zero attached hydrogens (tertiary/aromatic N) is 1. The van der Waals surface area contributed by atoms with E-state index in [1.807, 2.05) is 18.2 Å². The number of nitrogens with one attached hydrogen (secondary N) is 1. The fraction of sp³-hybridized carbons (Fsp3) is 0.533. The molecule has 0 spiro atoms. The van der Waals surface area contributed by atoms with Gasteiger partial charge in [0.1, 0.15) is 0 Å². The topological polar surface area (TPSA) is 66.5 Å². The van der Waals surface area contributed by atoms with Crippen LogP contribution in [-0.4, -0.2) is 43.4 Å². The Hall–Kier alpha value is -1.27. The van der Waals surface area contributed by atoms with E-state index in [0.717, 1.165) is 12.0 Å². The Morgan fingerprint density at radius 2 is 2.05 bits per heavy atom. The second-order valence-corrected chi connectivity index (χ2v) is 9.36. The molecule has 1 aliphatic rings. The van der Waals surface area contributed by atoms with Crippen molar-refractivity contribution in [2.75, 3.05) is 19.3 Å². The molecule has 2 amide bonds. The fourth-order valence-electron chi connectivity index (χ4n) is 2.23. The minimum absolute atomic E-state index is 0.0869. The molecule has 0 fully saturated rings. The number of amides is 2. The first-order chi connectivity index (χ1) is 10.1. The summed E-state index contributed by atoms with van der Waals surface area (Å²) in [5, 5.41) is 3.37. The summed E-state index contributed by atoms with van der Waals surface area (Å²) in [5.41, 5.74) is 2.24. The Morgan fingerprint density at radius 3 is 2.68 bits per heavy atom. The normalized spacial score (nSPS) is 15.4. The molecule has 0 atom stereocenters. The average molecular weight is 345 g/mol. The van der Waals surface area contributed by atoms with Crippen molar-refractivity contribution >= 4 is 27.5 Å². The number of hydrogen-bond acceptors (Lipinski definition) is 3. The molecule has 0 bridgehead atoms. The van der Waals surface area contributed by atoms with Gasteiger partial charge in [0.25, 0.3) is 0 Å². The van der Waals surface area contributed by atoms with E-state index in [0.29, 0.717) is 18.1 Å². The van der Waals surface area contributed by atoms with Gasteiger partial charge in [-0.2, -0.15) is 0 Å². The highest BCUT2D eigenvalue weighted by Gasteiger charge is 2.31. The number of carbonyl (C=O) groups is 1. The Balaban J connectivity index is 2.01. The van der Waals surface area contributed by atoms with Crippen LogP contribution in [0.15, 0.2) is 18.2 Å². The molecule has 0 radical (unpaired) electrons. The molecule has 7 heteroatoms. The monoisotopic (exact) mass is 344 g/mol. The summed E-state index contributed by atoms with van der Waals surface area (Å²) in [6.07, 6.45) is 1.95. The molecule has 0 aromatic heterocycles. The Kier molecular flexibility index (Phi) is 4.73. The van der Waals surface area contributed by atoms with Crippen molar-refractivity contribution in [1.82, 2.24) is 10.2 Å². The van der Waals surface area contributed by atoms with Gasteiger partial charge >= 0.3 is 6.03 Å². The first-order valence-corrected chi connectivity index (χ1v) is 9.37. The molecule has 0 saturated heterocycles. The maximum absolute atomic E-state index is 12.3. The van der Waals surface area contributed by atoms with Crippen molar-refractivity contribution in [3.63, 3.8) is 0 Å². The third-order valence-electron chi connectivity index (χ3n) is 4.14. The first-order valence-electron chi connectivity index (χ1n) is 7.10. The van der Waals surface area contributed by atoms with Gasteiger partial charge in [-0.1, -0.05) is 17.7 Å².